The number of carbonyl (C=O) groups excluding carboxylic acids is 1. The number of anilines is 1. The molecule has 2 aliphatic heterocycles. The Morgan fingerprint density at radius 3 is 2.82 bits per heavy atom. The summed E-state index contributed by atoms with van der Waals surface area (Å²) in [6, 6.07) is 4.34. The fourth-order valence-corrected chi connectivity index (χ4v) is 6.58. The minimum atomic E-state index is -1.30. The first-order chi connectivity index (χ1) is 17.8. The van der Waals surface area contributed by atoms with Crippen LogP contribution < -0.4 is 40.4 Å². The van der Waals surface area contributed by atoms with Crippen molar-refractivity contribution >= 4 is 80.7 Å². The number of halogens is 1. The van der Waals surface area contributed by atoms with Crippen LogP contribution in [0.15, 0.2) is 55.6 Å². The minimum absolute atomic E-state index is 0. The molecule has 2 aliphatic rings. The molecule has 1 fully saturated rings. The summed E-state index contributed by atoms with van der Waals surface area (Å²) in [5.41, 5.74) is 5.65. The van der Waals surface area contributed by atoms with Gasteiger partial charge in [0, 0.05) is 17.7 Å². The molecule has 17 heteroatoms. The Balaban J connectivity index is 0.00000336. The second-order valence-electron chi connectivity index (χ2n) is 7.52. The van der Waals surface area contributed by atoms with Crippen molar-refractivity contribution in [2.45, 2.75) is 11.4 Å². The van der Waals surface area contributed by atoms with Crippen LogP contribution in [-0.4, -0.2) is 66.0 Å². The molecule has 38 heavy (non-hydrogen) atoms. The number of fused-ring (bicyclic) bond motifs is 1. The first-order valence-corrected chi connectivity index (χ1v) is 13.4. The Morgan fingerprint density at radius 2 is 2.18 bits per heavy atom. The molecule has 190 valence electrons. The predicted octanol–water partition coefficient (Wildman–Crippen LogP) is -0.628. The van der Waals surface area contributed by atoms with Gasteiger partial charge in [0.15, 0.2) is 16.9 Å². The number of carbonyl (C=O) groups is 2. The number of oxime groups is 1. The number of carboxylic acids is 1. The van der Waals surface area contributed by atoms with Crippen molar-refractivity contribution in [3.8, 4) is 10.6 Å². The Kier molecular flexibility index (Phi) is 8.66. The quantitative estimate of drug-likeness (QED) is 0.0786. The number of thiophene rings is 1. The third-order valence-corrected chi connectivity index (χ3v) is 8.57. The molecule has 0 spiro atoms. The predicted molar refractivity (Wildman–Crippen MR) is 138 cm³/mol. The third kappa shape index (κ3) is 5.27. The summed E-state index contributed by atoms with van der Waals surface area (Å²) in [5.74, 6) is -2.38. The molecule has 1 saturated heterocycles. The number of hydrogen-bond acceptors (Lipinski definition) is 13. The average molecular weight is 601 g/mol. The maximum Gasteiger partial charge on any atom is 1.00 e. The molecular weight excluding hydrogens is 587 g/mol. The number of β-lactam (4-membered cyclic amide) rings is 1. The number of nitrogen functional groups attached to an aromatic ring is 1. The van der Waals surface area contributed by atoms with Crippen LogP contribution in [0.2, 0.25) is 4.34 Å². The van der Waals surface area contributed by atoms with Gasteiger partial charge in [-0.15, -0.1) is 23.1 Å². The summed E-state index contributed by atoms with van der Waals surface area (Å²) in [4.78, 5) is 34.7. The minimum Gasteiger partial charge on any atom is -0.857 e. The number of aromatic nitrogens is 2. The van der Waals surface area contributed by atoms with Gasteiger partial charge >= 0.3 is 35.5 Å². The Morgan fingerprint density at radius 1 is 1.39 bits per heavy atom. The smallest absolute Gasteiger partial charge is 0.857 e. The molecule has 1 amide bonds. The van der Waals surface area contributed by atoms with Gasteiger partial charge in [0.25, 0.3) is 5.91 Å². The molecule has 3 aromatic rings. The number of allylic oxidation sites excluding steroid dienone is 1. The van der Waals surface area contributed by atoms with E-state index in [1.54, 1.807) is 18.2 Å². The van der Waals surface area contributed by atoms with E-state index in [2.05, 4.69) is 20.3 Å². The molecular formula is C21H14ClN6NaO6S3. The first-order valence-electron chi connectivity index (χ1n) is 10.3. The normalized spacial score (nSPS) is 19.9. The van der Waals surface area contributed by atoms with Gasteiger partial charge in [-0.05, 0) is 23.1 Å². The fourth-order valence-electron chi connectivity index (χ4n) is 3.67. The largest absolute Gasteiger partial charge is 1.00 e. The van der Waals surface area contributed by atoms with E-state index in [1.165, 1.54) is 23.1 Å². The van der Waals surface area contributed by atoms with Crippen molar-refractivity contribution in [1.29, 1.82) is 0 Å². The van der Waals surface area contributed by atoms with Gasteiger partial charge in [-0.1, -0.05) is 45.4 Å². The zero-order chi connectivity index (χ0) is 26.3. The van der Waals surface area contributed by atoms with Crippen LogP contribution in [0.5, 0.6) is 0 Å². The van der Waals surface area contributed by atoms with Gasteiger partial charge in [0.2, 0.25) is 0 Å². The molecule has 0 bridgehead atoms. The van der Waals surface area contributed by atoms with Crippen LogP contribution in [0.25, 0.3) is 16.6 Å². The zero-order valence-corrected chi connectivity index (χ0v) is 24.5. The number of carboxylic acid groups (broad SMARTS) is 1. The Labute approximate surface area is 253 Å². The van der Waals surface area contributed by atoms with Crippen molar-refractivity contribution in [2.75, 3.05) is 11.5 Å². The van der Waals surface area contributed by atoms with Gasteiger partial charge in [-0.3, -0.25) is 14.7 Å². The summed E-state index contributed by atoms with van der Waals surface area (Å²) in [6.45, 7) is 0. The standard InChI is InChI=1S/C21H15ClN6O6S3.Na/c22-16-12(25-21(23)37-16)13(26-33)17(29)24-14-18(30)28-15(20(31)32)8(7-36-19(14)28)3-4-9-6-10(27-34-9)11-2-1-5-35-11;/h1-6,14,19,33H,7H2,(H2,23,25)(H,24,29)(H,31,32);/q;+1/p-1/b4-3+,26-13-;/t14-,19-;/m1./s1. The molecule has 5 rings (SSSR count). The number of thioether (sulfide) groups is 1. The molecule has 0 saturated carbocycles. The third-order valence-electron chi connectivity index (χ3n) is 5.31. The summed E-state index contributed by atoms with van der Waals surface area (Å²) < 4.78 is 5.32. The van der Waals surface area contributed by atoms with E-state index in [0.29, 0.717) is 17.0 Å². The van der Waals surface area contributed by atoms with Crippen LogP contribution in [0, 0.1) is 0 Å². The summed E-state index contributed by atoms with van der Waals surface area (Å²) >= 11 is 9.60. The maximum absolute atomic E-state index is 12.9. The van der Waals surface area contributed by atoms with Crippen molar-refractivity contribution in [3.63, 3.8) is 0 Å². The second-order valence-corrected chi connectivity index (χ2v) is 11.2. The number of rotatable bonds is 7. The van der Waals surface area contributed by atoms with E-state index in [0.717, 1.165) is 21.1 Å². The number of aliphatic imine (C=N–C) groups is 1. The second kappa shape index (κ2) is 11.6. The van der Waals surface area contributed by atoms with Gasteiger partial charge in [0.1, 0.15) is 32.5 Å². The summed E-state index contributed by atoms with van der Waals surface area (Å²) in [5, 5.41) is 40.0. The molecule has 0 unspecified atom stereocenters. The number of amides is 1. The van der Waals surface area contributed by atoms with Gasteiger partial charge in [0.05, 0.1) is 4.88 Å². The van der Waals surface area contributed by atoms with E-state index in [4.69, 9.17) is 21.9 Å². The summed E-state index contributed by atoms with van der Waals surface area (Å²) in [7, 11) is 0. The number of nitrogens with zero attached hydrogens (tertiary/aromatic N) is 5. The zero-order valence-electron chi connectivity index (χ0n) is 19.3. The molecule has 5 heterocycles. The van der Waals surface area contributed by atoms with Gasteiger partial charge in [-0.2, -0.15) is 0 Å². The topological polar surface area (TPSA) is 191 Å². The maximum atomic E-state index is 12.9. The van der Waals surface area contributed by atoms with Crippen LogP contribution in [0.3, 0.4) is 0 Å². The molecule has 3 aromatic heterocycles. The monoisotopic (exact) mass is 600 g/mol. The SMILES string of the molecule is Nc1nc(/C(=N/O)C([O-])=N[C@@H]2C(=O)N3C(C(=O)O)=C(/C=C/c4cc(-c5cccs5)no4)CS[C@H]23)c(Cl)s1.[Na+]. The number of aliphatic carboxylic acids is 1. The van der Waals surface area contributed by atoms with Crippen LogP contribution in [0.4, 0.5) is 5.13 Å². The molecule has 2 atom stereocenters. The van der Waals surface area contributed by atoms with E-state index in [9.17, 15) is 25.0 Å². The van der Waals surface area contributed by atoms with E-state index >= 15 is 0 Å². The van der Waals surface area contributed by atoms with E-state index in [-0.39, 0.29) is 56.2 Å². The fraction of sp³-hybridized carbons (Fsp3) is 0.143. The average Bonchev–Trinajstić information content (AvgIpc) is 3.62. The Bertz CT molecular complexity index is 1510. The van der Waals surface area contributed by atoms with E-state index in [1.807, 2.05) is 17.5 Å². The van der Waals surface area contributed by atoms with Crippen molar-refractivity contribution in [3.05, 3.63) is 56.7 Å². The van der Waals surface area contributed by atoms with Crippen LogP contribution >= 0.6 is 46.0 Å². The number of thiazole rings is 1. The molecule has 0 aromatic carbocycles. The van der Waals surface area contributed by atoms with Gasteiger partial charge in [-0.25, -0.2) is 9.78 Å². The molecule has 0 radical (unpaired) electrons. The van der Waals surface area contributed by atoms with Crippen LogP contribution in [-0.2, 0) is 9.59 Å². The number of nitrogens with two attached hydrogens (primary N) is 1. The van der Waals surface area contributed by atoms with Crippen LogP contribution in [0.1, 0.15) is 11.5 Å². The van der Waals surface area contributed by atoms with Crippen molar-refractivity contribution < 1.29 is 59.1 Å². The first kappa shape index (κ1) is 28.4. The van der Waals surface area contributed by atoms with Crippen molar-refractivity contribution in [2.24, 2.45) is 10.1 Å². The Hall–Kier alpha value is -2.66. The summed E-state index contributed by atoms with van der Waals surface area (Å²) in [6.07, 6.45) is 3.13. The number of hydrogen-bond donors (Lipinski definition) is 3. The van der Waals surface area contributed by atoms with Crippen molar-refractivity contribution in [1.82, 2.24) is 15.0 Å². The van der Waals surface area contributed by atoms with Gasteiger partial charge < -0.3 is 25.7 Å². The molecule has 0 aliphatic carbocycles. The molecule has 4 N–H and O–H groups in total. The van der Waals surface area contributed by atoms with E-state index < -0.39 is 34.9 Å². The molecule has 12 nitrogen and oxygen atoms in total.